The highest BCUT2D eigenvalue weighted by Crippen LogP contribution is 2.30. The predicted molar refractivity (Wildman–Crippen MR) is 134 cm³/mol. The standard InChI is InChI=1S/C23H27Cl2N3O5S2/c24-19-5-8-21(25)22(15-19)35(32,33)28-13-9-18(10-14-28)23(29)26-16-17-3-6-20(7-4-17)34(30,31)27-11-1-2-12-27/h3-8,15,18H,1-2,9-14,16H2,(H,26,29). The normalized spacial score (nSPS) is 18.6. The van der Waals surface area contributed by atoms with Crippen LogP contribution < -0.4 is 5.32 Å². The lowest BCUT2D eigenvalue weighted by Gasteiger charge is -2.30. The van der Waals surface area contributed by atoms with E-state index in [0.717, 1.165) is 18.4 Å². The van der Waals surface area contributed by atoms with Crippen molar-refractivity contribution in [3.05, 3.63) is 58.1 Å². The fraction of sp³-hybridized carbons (Fsp3) is 0.435. The Morgan fingerprint density at radius 2 is 1.46 bits per heavy atom. The average Bonchev–Trinajstić information content (AvgIpc) is 3.40. The number of piperidine rings is 1. The van der Waals surface area contributed by atoms with Crippen molar-refractivity contribution < 1.29 is 21.6 Å². The first kappa shape index (κ1) is 26.4. The lowest BCUT2D eigenvalue weighted by molar-refractivity contribution is -0.126. The molecule has 0 aliphatic carbocycles. The molecular weight excluding hydrogens is 533 g/mol. The number of nitrogens with zero attached hydrogens (tertiary/aromatic N) is 2. The van der Waals surface area contributed by atoms with E-state index in [-0.39, 0.29) is 51.3 Å². The molecule has 8 nitrogen and oxygen atoms in total. The summed E-state index contributed by atoms with van der Waals surface area (Å²) in [5.74, 6) is -0.470. The molecule has 0 radical (unpaired) electrons. The predicted octanol–water partition coefficient (Wildman–Crippen LogP) is 3.50. The van der Waals surface area contributed by atoms with Gasteiger partial charge in [0, 0.05) is 43.7 Å². The number of rotatable bonds is 7. The van der Waals surface area contributed by atoms with Gasteiger partial charge in [-0.15, -0.1) is 0 Å². The largest absolute Gasteiger partial charge is 0.352 e. The Kier molecular flexibility index (Phi) is 8.09. The fourth-order valence-corrected chi connectivity index (χ4v) is 8.09. The van der Waals surface area contributed by atoms with E-state index in [0.29, 0.717) is 25.9 Å². The van der Waals surface area contributed by atoms with E-state index in [1.54, 1.807) is 24.3 Å². The molecule has 35 heavy (non-hydrogen) atoms. The van der Waals surface area contributed by atoms with E-state index in [2.05, 4.69) is 5.32 Å². The number of hydrogen-bond donors (Lipinski definition) is 1. The van der Waals surface area contributed by atoms with Crippen LogP contribution in [-0.4, -0.2) is 57.5 Å². The van der Waals surface area contributed by atoms with Crippen LogP contribution in [0, 0.1) is 5.92 Å². The van der Waals surface area contributed by atoms with Crippen molar-refractivity contribution in [2.75, 3.05) is 26.2 Å². The van der Waals surface area contributed by atoms with Crippen LogP contribution in [0.2, 0.25) is 10.0 Å². The summed E-state index contributed by atoms with van der Waals surface area (Å²) in [4.78, 5) is 12.9. The van der Waals surface area contributed by atoms with Crippen molar-refractivity contribution in [1.82, 2.24) is 13.9 Å². The van der Waals surface area contributed by atoms with Gasteiger partial charge in [-0.3, -0.25) is 4.79 Å². The summed E-state index contributed by atoms with van der Waals surface area (Å²) in [5.41, 5.74) is 0.786. The fourth-order valence-electron chi connectivity index (χ4n) is 4.36. The Hall–Kier alpha value is -1.69. The van der Waals surface area contributed by atoms with Crippen molar-refractivity contribution in [1.29, 1.82) is 0 Å². The van der Waals surface area contributed by atoms with Gasteiger partial charge in [0.05, 0.1) is 9.92 Å². The van der Waals surface area contributed by atoms with Gasteiger partial charge in [0.25, 0.3) is 0 Å². The summed E-state index contributed by atoms with van der Waals surface area (Å²) < 4.78 is 54.0. The van der Waals surface area contributed by atoms with E-state index in [4.69, 9.17) is 23.2 Å². The molecule has 2 aliphatic rings. The smallest absolute Gasteiger partial charge is 0.244 e. The molecule has 0 aromatic heterocycles. The quantitative estimate of drug-likeness (QED) is 0.559. The highest BCUT2D eigenvalue weighted by atomic mass is 35.5. The first-order valence-corrected chi connectivity index (χ1v) is 15.0. The molecule has 0 unspecified atom stereocenters. The monoisotopic (exact) mass is 559 g/mol. The number of sulfonamides is 2. The first-order valence-electron chi connectivity index (χ1n) is 11.4. The van der Waals surface area contributed by atoms with Gasteiger partial charge in [-0.25, -0.2) is 16.8 Å². The van der Waals surface area contributed by atoms with E-state index in [9.17, 15) is 21.6 Å². The van der Waals surface area contributed by atoms with Crippen LogP contribution in [0.3, 0.4) is 0 Å². The Balaban J connectivity index is 1.30. The third kappa shape index (κ3) is 5.84. The molecule has 2 aromatic rings. The second-order valence-electron chi connectivity index (χ2n) is 8.73. The minimum Gasteiger partial charge on any atom is -0.352 e. The van der Waals surface area contributed by atoms with Crippen LogP contribution in [0.25, 0.3) is 0 Å². The van der Waals surface area contributed by atoms with E-state index in [1.165, 1.54) is 26.8 Å². The van der Waals surface area contributed by atoms with Crippen LogP contribution in [-0.2, 0) is 31.4 Å². The summed E-state index contributed by atoms with van der Waals surface area (Å²) in [5, 5.41) is 3.27. The molecule has 2 aliphatic heterocycles. The average molecular weight is 561 g/mol. The maximum Gasteiger partial charge on any atom is 0.244 e. The lowest BCUT2D eigenvalue weighted by atomic mass is 9.97. The number of carbonyl (C=O) groups is 1. The molecule has 12 heteroatoms. The molecule has 2 aromatic carbocycles. The molecule has 4 rings (SSSR count). The van der Waals surface area contributed by atoms with Crippen molar-refractivity contribution in [3.8, 4) is 0 Å². The highest BCUT2D eigenvalue weighted by molar-refractivity contribution is 7.89. The van der Waals surface area contributed by atoms with Gasteiger partial charge < -0.3 is 5.32 Å². The molecule has 1 amide bonds. The van der Waals surface area contributed by atoms with Gasteiger partial charge in [0.15, 0.2) is 0 Å². The summed E-state index contributed by atoms with van der Waals surface area (Å²) in [7, 11) is -7.28. The minimum atomic E-state index is -3.81. The Bertz CT molecular complexity index is 1290. The zero-order valence-corrected chi connectivity index (χ0v) is 22.1. The topological polar surface area (TPSA) is 104 Å². The number of benzene rings is 2. The summed E-state index contributed by atoms with van der Waals surface area (Å²) in [6, 6.07) is 10.9. The molecule has 0 atom stereocenters. The number of nitrogens with one attached hydrogen (secondary N) is 1. The van der Waals surface area contributed by atoms with Gasteiger partial charge in [-0.05, 0) is 61.6 Å². The third-order valence-corrected chi connectivity index (χ3v) is 11.0. The molecule has 1 N–H and O–H groups in total. The number of halogens is 2. The SMILES string of the molecule is O=C(NCc1ccc(S(=O)(=O)N2CCCC2)cc1)C1CCN(S(=O)(=O)c2cc(Cl)ccc2Cl)CC1. The van der Waals surface area contributed by atoms with Crippen LogP contribution >= 0.6 is 23.2 Å². The van der Waals surface area contributed by atoms with E-state index < -0.39 is 20.0 Å². The summed E-state index contributed by atoms with van der Waals surface area (Å²) in [6.45, 7) is 1.76. The van der Waals surface area contributed by atoms with Gasteiger partial charge in [0.1, 0.15) is 4.90 Å². The molecule has 2 saturated heterocycles. The van der Waals surface area contributed by atoms with Gasteiger partial charge in [0.2, 0.25) is 26.0 Å². The molecule has 190 valence electrons. The van der Waals surface area contributed by atoms with Crippen molar-refractivity contribution >= 4 is 49.2 Å². The molecule has 0 saturated carbocycles. The van der Waals surface area contributed by atoms with E-state index in [1.807, 2.05) is 0 Å². The van der Waals surface area contributed by atoms with Gasteiger partial charge in [-0.1, -0.05) is 35.3 Å². The zero-order valence-electron chi connectivity index (χ0n) is 19.0. The van der Waals surface area contributed by atoms with Crippen LogP contribution in [0.1, 0.15) is 31.2 Å². The van der Waals surface area contributed by atoms with Crippen LogP contribution in [0.5, 0.6) is 0 Å². The zero-order chi connectivity index (χ0) is 25.2. The van der Waals surface area contributed by atoms with Gasteiger partial charge in [-0.2, -0.15) is 8.61 Å². The number of amides is 1. The van der Waals surface area contributed by atoms with Crippen LogP contribution in [0.15, 0.2) is 52.3 Å². The van der Waals surface area contributed by atoms with Crippen molar-refractivity contribution in [3.63, 3.8) is 0 Å². The Morgan fingerprint density at radius 1 is 0.857 bits per heavy atom. The lowest BCUT2D eigenvalue weighted by Crippen LogP contribution is -2.42. The molecule has 0 bridgehead atoms. The molecule has 0 spiro atoms. The highest BCUT2D eigenvalue weighted by Gasteiger charge is 2.33. The maximum absolute atomic E-state index is 13.0. The Morgan fingerprint density at radius 3 is 2.09 bits per heavy atom. The minimum absolute atomic E-state index is 0.0373. The second kappa shape index (κ2) is 10.7. The summed E-state index contributed by atoms with van der Waals surface area (Å²) >= 11 is 12.0. The maximum atomic E-state index is 13.0. The molecule has 2 fully saturated rings. The molecular formula is C23H27Cl2N3O5S2. The second-order valence-corrected chi connectivity index (χ2v) is 13.4. The first-order chi connectivity index (χ1) is 16.6. The molecule has 2 heterocycles. The van der Waals surface area contributed by atoms with Crippen molar-refractivity contribution in [2.24, 2.45) is 5.92 Å². The van der Waals surface area contributed by atoms with Gasteiger partial charge >= 0.3 is 0 Å². The Labute approximate surface area is 216 Å². The summed E-state index contributed by atoms with van der Waals surface area (Å²) in [6.07, 6.45) is 2.53. The van der Waals surface area contributed by atoms with Crippen molar-refractivity contribution in [2.45, 2.75) is 42.0 Å². The number of carbonyl (C=O) groups excluding carboxylic acids is 1. The van der Waals surface area contributed by atoms with Crippen LogP contribution in [0.4, 0.5) is 0 Å². The third-order valence-electron chi connectivity index (χ3n) is 6.43. The number of hydrogen-bond acceptors (Lipinski definition) is 5. The van der Waals surface area contributed by atoms with E-state index >= 15 is 0 Å².